The molecule has 1 aliphatic heterocycles. The monoisotopic (exact) mass is 722 g/mol. The predicted octanol–water partition coefficient (Wildman–Crippen LogP) is 3.95. The number of amides is 3. The molecule has 0 radical (unpaired) electrons. The molecular formula is C41H48N5O7+. The second-order valence-corrected chi connectivity index (χ2v) is 13.8. The molecule has 53 heavy (non-hydrogen) atoms. The molecule has 1 heterocycles. The molecule has 0 spiro atoms. The third kappa shape index (κ3) is 11.6. The number of aromatic hydroxyl groups is 1. The number of carbonyl (C=O) groups is 4. The minimum absolute atomic E-state index is 0.00144. The van der Waals surface area contributed by atoms with E-state index in [4.69, 9.17) is 14.9 Å². The normalized spacial score (nSPS) is 15.0. The number of benzene rings is 3. The van der Waals surface area contributed by atoms with Gasteiger partial charge in [-0.05, 0) is 83.0 Å². The fraction of sp³-hybridized carbons (Fsp3) is 0.341. The van der Waals surface area contributed by atoms with Crippen molar-refractivity contribution in [1.29, 1.82) is 5.41 Å². The molecule has 3 aromatic carbocycles. The maximum atomic E-state index is 14.1. The van der Waals surface area contributed by atoms with Gasteiger partial charge in [-0.1, -0.05) is 47.7 Å². The van der Waals surface area contributed by atoms with Gasteiger partial charge in [-0.2, -0.15) is 0 Å². The van der Waals surface area contributed by atoms with Crippen molar-refractivity contribution in [3.63, 3.8) is 0 Å². The summed E-state index contributed by atoms with van der Waals surface area (Å²) in [6.07, 6.45) is 1.30. The van der Waals surface area contributed by atoms with E-state index < -0.39 is 29.6 Å². The number of nitrogens with zero attached hydrogens (tertiary/aromatic N) is 1. The lowest BCUT2D eigenvalue weighted by atomic mass is 9.95. The van der Waals surface area contributed by atoms with Gasteiger partial charge in [-0.25, -0.2) is 4.79 Å². The van der Waals surface area contributed by atoms with E-state index >= 15 is 0 Å². The molecule has 12 nitrogen and oxygen atoms in total. The smallest absolute Gasteiger partial charge is 0.407 e. The molecule has 4 rings (SSSR count). The first-order chi connectivity index (χ1) is 25.1. The van der Waals surface area contributed by atoms with Crippen molar-refractivity contribution in [2.45, 2.75) is 52.7 Å². The number of Topliss-reactive ketones (excluding diaryl/α,β-unsaturated/α-hetero) is 1. The van der Waals surface area contributed by atoms with Gasteiger partial charge in [-0.3, -0.25) is 19.8 Å². The van der Waals surface area contributed by atoms with Gasteiger partial charge in [0.25, 0.3) is 0 Å². The summed E-state index contributed by atoms with van der Waals surface area (Å²) >= 11 is 0. The summed E-state index contributed by atoms with van der Waals surface area (Å²) in [6, 6.07) is 18.0. The third-order valence-electron chi connectivity index (χ3n) is 8.32. The van der Waals surface area contributed by atoms with Crippen molar-refractivity contribution in [3.8, 4) is 17.6 Å². The number of nitrogens with two attached hydrogens (primary N) is 1. The average molecular weight is 723 g/mol. The molecule has 1 saturated heterocycles. The molecule has 0 aliphatic carbocycles. The molecule has 1 aliphatic rings. The van der Waals surface area contributed by atoms with E-state index in [1.54, 1.807) is 99.0 Å². The second-order valence-electron chi connectivity index (χ2n) is 13.8. The van der Waals surface area contributed by atoms with Crippen LogP contribution in [0.15, 0.2) is 78.5 Å². The van der Waals surface area contributed by atoms with Gasteiger partial charge in [0.2, 0.25) is 11.8 Å². The van der Waals surface area contributed by atoms with Crippen LogP contribution < -0.4 is 16.0 Å². The zero-order valence-electron chi connectivity index (χ0n) is 31.0. The molecule has 6 N–H and O–H groups in total. The van der Waals surface area contributed by atoms with E-state index in [9.17, 15) is 24.3 Å². The van der Waals surface area contributed by atoms with E-state index in [1.165, 1.54) is 11.8 Å². The van der Waals surface area contributed by atoms with E-state index in [2.05, 4.69) is 22.5 Å². The van der Waals surface area contributed by atoms with Crippen molar-refractivity contribution in [1.82, 2.24) is 10.2 Å². The number of aryl methyl sites for hydroxylation is 1. The minimum atomic E-state index is -0.929. The first-order valence-corrected chi connectivity index (χ1v) is 17.4. The lowest BCUT2D eigenvalue weighted by Crippen LogP contribution is -2.73. The SMILES string of the molecule is C[NH2+]/C=C(/C#Cc1ccc(NC(=O)C2COCCN2C(=O)[C@@H](CNC(=O)OC(C)(C)C)Cc2ccc(C(C)=O)cc2)cc1)C(=N)c1cc(C)ccc1O. The van der Waals surface area contributed by atoms with Crippen molar-refractivity contribution >= 4 is 35.1 Å². The standard InChI is InChI=1S/C41H47N5O7/c1-26-7-18-36(48)34(21-26)37(42)31(23-43-6)15-8-28-11-16-33(17-12-28)45-38(49)35-25-52-20-19-46(35)39(50)32(24-44-40(51)53-41(3,4)5)22-29-9-13-30(14-10-29)27(2)47/h7,9-14,16-18,21,23,32,35,42-43,48H,19-20,22,24-25H2,1-6H3,(H,44,51)(H,45,49)/p+1/b31-23-,42-37?/t32-,35?/m1/s1. The Morgan fingerprint density at radius 2 is 1.79 bits per heavy atom. The molecule has 0 aromatic heterocycles. The van der Waals surface area contributed by atoms with E-state index in [-0.39, 0.29) is 55.9 Å². The molecule has 12 heteroatoms. The van der Waals surface area contributed by atoms with Gasteiger partial charge >= 0.3 is 6.09 Å². The van der Waals surface area contributed by atoms with E-state index in [0.717, 1.165) is 11.1 Å². The number of nitrogens with one attached hydrogen (secondary N) is 3. The van der Waals surface area contributed by atoms with Crippen molar-refractivity contribution in [2.75, 3.05) is 38.7 Å². The number of hydrogen-bond acceptors (Lipinski definition) is 8. The van der Waals surface area contributed by atoms with Gasteiger partial charge in [0.05, 0.1) is 31.9 Å². The number of phenolic OH excluding ortho intramolecular Hbond substituents is 1. The molecular weight excluding hydrogens is 674 g/mol. The number of phenols is 1. The Morgan fingerprint density at radius 1 is 1.09 bits per heavy atom. The van der Waals surface area contributed by atoms with Crippen molar-refractivity contribution in [3.05, 3.63) is 106 Å². The Labute approximate surface area is 310 Å². The largest absolute Gasteiger partial charge is 0.507 e. The summed E-state index contributed by atoms with van der Waals surface area (Å²) in [5.41, 5.74) is 3.56. The number of ether oxygens (including phenoxy) is 2. The van der Waals surface area contributed by atoms with Crippen molar-refractivity contribution in [2.24, 2.45) is 5.92 Å². The van der Waals surface area contributed by atoms with Crippen LogP contribution in [-0.2, 0) is 25.5 Å². The molecule has 0 saturated carbocycles. The summed E-state index contributed by atoms with van der Waals surface area (Å²) in [5, 5.41) is 26.3. The summed E-state index contributed by atoms with van der Waals surface area (Å²) in [6.45, 7) is 8.99. The molecule has 278 valence electrons. The Morgan fingerprint density at radius 3 is 2.43 bits per heavy atom. The Balaban J connectivity index is 1.48. The van der Waals surface area contributed by atoms with E-state index in [1.807, 2.05) is 14.0 Å². The van der Waals surface area contributed by atoms with Crippen LogP contribution in [0.25, 0.3) is 0 Å². The highest BCUT2D eigenvalue weighted by molar-refractivity contribution is 6.14. The first kappa shape index (κ1) is 40.0. The number of morpholine rings is 1. The number of hydrogen-bond donors (Lipinski definition) is 5. The maximum absolute atomic E-state index is 14.1. The van der Waals surface area contributed by atoms with Crippen LogP contribution in [0.2, 0.25) is 0 Å². The van der Waals surface area contributed by atoms with Crippen LogP contribution in [0, 0.1) is 30.1 Å². The van der Waals surface area contributed by atoms with Crippen LogP contribution in [0.5, 0.6) is 5.75 Å². The Hall–Kier alpha value is -5.77. The second kappa shape index (κ2) is 18.1. The minimum Gasteiger partial charge on any atom is -0.507 e. The Bertz CT molecular complexity index is 1920. The number of allylic oxidation sites excluding steroid dienone is 1. The average Bonchev–Trinajstić information content (AvgIpc) is 3.12. The molecule has 0 bridgehead atoms. The molecule has 1 unspecified atom stereocenters. The maximum Gasteiger partial charge on any atom is 0.407 e. The topological polar surface area (TPSA) is 175 Å². The highest BCUT2D eigenvalue weighted by Gasteiger charge is 2.36. The summed E-state index contributed by atoms with van der Waals surface area (Å²) in [7, 11) is 1.82. The van der Waals surface area contributed by atoms with Crippen LogP contribution in [0.4, 0.5) is 10.5 Å². The third-order valence-corrected chi connectivity index (χ3v) is 8.32. The summed E-state index contributed by atoms with van der Waals surface area (Å²) in [4.78, 5) is 53.6. The fourth-order valence-corrected chi connectivity index (χ4v) is 5.60. The first-order valence-electron chi connectivity index (χ1n) is 17.4. The lowest BCUT2D eigenvalue weighted by molar-refractivity contribution is -0.556. The highest BCUT2D eigenvalue weighted by Crippen LogP contribution is 2.22. The Kier molecular flexibility index (Phi) is 13.7. The van der Waals surface area contributed by atoms with Gasteiger partial charge in [0, 0.05) is 35.5 Å². The zero-order valence-corrected chi connectivity index (χ0v) is 31.0. The number of anilines is 1. The summed E-state index contributed by atoms with van der Waals surface area (Å²) < 4.78 is 11.0. The number of alkyl carbamates (subject to hydrolysis) is 1. The van der Waals surface area contributed by atoms with Crippen LogP contribution in [-0.4, -0.2) is 84.4 Å². The number of quaternary nitrogens is 1. The lowest BCUT2D eigenvalue weighted by Gasteiger charge is -2.37. The molecule has 1 fully saturated rings. The van der Waals surface area contributed by atoms with Gasteiger partial charge in [0.15, 0.2) is 5.78 Å². The van der Waals surface area contributed by atoms with Gasteiger partial charge in [0.1, 0.15) is 29.2 Å². The molecule has 3 aromatic rings. The van der Waals surface area contributed by atoms with Crippen LogP contribution in [0.1, 0.15) is 60.3 Å². The number of ketones is 1. The fourth-order valence-electron chi connectivity index (χ4n) is 5.60. The van der Waals surface area contributed by atoms with E-state index in [0.29, 0.717) is 28.0 Å². The highest BCUT2D eigenvalue weighted by atomic mass is 16.6. The van der Waals surface area contributed by atoms with Gasteiger partial charge < -0.3 is 35.4 Å². The van der Waals surface area contributed by atoms with Crippen LogP contribution in [0.3, 0.4) is 0 Å². The van der Waals surface area contributed by atoms with Crippen molar-refractivity contribution < 1.29 is 39.1 Å². The molecule has 2 atom stereocenters. The quantitative estimate of drug-likeness (QED) is 0.113. The summed E-state index contributed by atoms with van der Waals surface area (Å²) in [5.74, 6) is 4.50. The number of carbonyl (C=O) groups excluding carboxylic acids is 4. The molecule has 3 amide bonds. The zero-order chi connectivity index (χ0) is 38.7. The number of rotatable bonds is 11. The predicted molar refractivity (Wildman–Crippen MR) is 202 cm³/mol. The van der Waals surface area contributed by atoms with Gasteiger partial charge in [-0.15, -0.1) is 0 Å². The van der Waals surface area contributed by atoms with Crippen LogP contribution >= 0.6 is 0 Å².